The second-order valence-electron chi connectivity index (χ2n) is 3.24. The predicted octanol–water partition coefficient (Wildman–Crippen LogP) is 1.43. The van der Waals surface area contributed by atoms with Crippen LogP contribution in [0.1, 0.15) is 22.8 Å². The van der Waals surface area contributed by atoms with E-state index in [0.29, 0.717) is 11.1 Å². The Balaban J connectivity index is 3.20. The molecule has 0 aromatic heterocycles. The maximum Gasteiger partial charge on any atom is 0.131 e. The van der Waals surface area contributed by atoms with Gasteiger partial charge in [0.25, 0.3) is 0 Å². The highest BCUT2D eigenvalue weighted by atomic mass is 19.1. The Morgan fingerprint density at radius 1 is 1.46 bits per heavy atom. The first-order valence-corrected chi connectivity index (χ1v) is 4.21. The van der Waals surface area contributed by atoms with E-state index in [1.54, 1.807) is 19.1 Å². The molecule has 0 bridgehead atoms. The second-order valence-corrected chi connectivity index (χ2v) is 3.24. The molecule has 0 saturated heterocycles. The number of benzene rings is 1. The van der Waals surface area contributed by atoms with Crippen molar-refractivity contribution in [2.45, 2.75) is 20.0 Å². The Kier molecular flexibility index (Phi) is 3.01. The van der Waals surface area contributed by atoms with Crippen LogP contribution in [0.4, 0.5) is 4.39 Å². The van der Waals surface area contributed by atoms with Gasteiger partial charge >= 0.3 is 0 Å². The Labute approximate surface area is 77.2 Å². The molecular formula is C10H14FNO. The van der Waals surface area contributed by atoms with Gasteiger partial charge in [-0.1, -0.05) is 17.7 Å². The zero-order chi connectivity index (χ0) is 10.0. The molecule has 1 rings (SSSR count). The van der Waals surface area contributed by atoms with E-state index in [4.69, 9.17) is 5.73 Å². The van der Waals surface area contributed by atoms with Gasteiger partial charge in [-0.05, 0) is 19.4 Å². The van der Waals surface area contributed by atoms with Crippen LogP contribution in [0.5, 0.6) is 0 Å². The largest absolute Gasteiger partial charge is 0.387 e. The number of halogens is 1. The molecule has 1 aromatic carbocycles. The monoisotopic (exact) mass is 183 g/mol. The Hall–Kier alpha value is -0.930. The van der Waals surface area contributed by atoms with Gasteiger partial charge in [0.1, 0.15) is 5.82 Å². The van der Waals surface area contributed by atoms with Crippen LogP contribution in [-0.2, 0) is 0 Å². The van der Waals surface area contributed by atoms with Gasteiger partial charge in [-0.15, -0.1) is 0 Å². The quantitative estimate of drug-likeness (QED) is 0.728. The second kappa shape index (κ2) is 3.85. The van der Waals surface area contributed by atoms with Crippen LogP contribution in [0.25, 0.3) is 0 Å². The summed E-state index contributed by atoms with van der Waals surface area (Å²) in [4.78, 5) is 0. The molecule has 0 aliphatic carbocycles. The van der Waals surface area contributed by atoms with Crippen LogP contribution >= 0.6 is 0 Å². The summed E-state index contributed by atoms with van der Waals surface area (Å²) in [6.07, 6.45) is -0.904. The standard InChI is InChI=1S/C10H14FNO/c1-6-3-7(2)10(11)8(4-6)9(13)5-12/h3-4,9,13H,5,12H2,1-2H3. The third kappa shape index (κ3) is 2.05. The SMILES string of the molecule is Cc1cc(C)c(F)c(C(O)CN)c1. The Bertz CT molecular complexity index is 312. The molecule has 0 fully saturated rings. The number of rotatable bonds is 2. The molecule has 13 heavy (non-hydrogen) atoms. The van der Waals surface area contributed by atoms with E-state index in [0.717, 1.165) is 5.56 Å². The molecule has 72 valence electrons. The molecule has 1 aromatic rings. The highest BCUT2D eigenvalue weighted by Crippen LogP contribution is 2.20. The van der Waals surface area contributed by atoms with Crippen molar-refractivity contribution in [2.75, 3.05) is 6.54 Å². The Morgan fingerprint density at radius 2 is 2.08 bits per heavy atom. The van der Waals surface area contributed by atoms with Crippen LogP contribution in [0.3, 0.4) is 0 Å². The van der Waals surface area contributed by atoms with Crippen LogP contribution in [0, 0.1) is 19.7 Å². The van der Waals surface area contributed by atoms with E-state index in [-0.39, 0.29) is 12.4 Å². The summed E-state index contributed by atoms with van der Waals surface area (Å²) >= 11 is 0. The first-order valence-electron chi connectivity index (χ1n) is 4.21. The lowest BCUT2D eigenvalue weighted by atomic mass is 10.0. The normalized spacial score (nSPS) is 13.0. The van der Waals surface area contributed by atoms with Gasteiger partial charge in [0.2, 0.25) is 0 Å². The van der Waals surface area contributed by atoms with Crippen molar-refractivity contribution in [1.82, 2.24) is 0 Å². The van der Waals surface area contributed by atoms with Crippen molar-refractivity contribution in [3.05, 3.63) is 34.6 Å². The summed E-state index contributed by atoms with van der Waals surface area (Å²) in [7, 11) is 0. The minimum Gasteiger partial charge on any atom is -0.387 e. The molecule has 3 N–H and O–H groups in total. The van der Waals surface area contributed by atoms with E-state index in [1.807, 2.05) is 6.92 Å². The fraction of sp³-hybridized carbons (Fsp3) is 0.400. The van der Waals surface area contributed by atoms with Crippen LogP contribution in [0.2, 0.25) is 0 Å². The third-order valence-electron chi connectivity index (χ3n) is 2.01. The average molecular weight is 183 g/mol. The maximum atomic E-state index is 13.4. The average Bonchev–Trinajstić information content (AvgIpc) is 2.10. The highest BCUT2D eigenvalue weighted by molar-refractivity contribution is 5.32. The zero-order valence-electron chi connectivity index (χ0n) is 7.84. The minimum absolute atomic E-state index is 0.0415. The summed E-state index contributed by atoms with van der Waals surface area (Å²) in [5.74, 6) is -0.358. The van der Waals surface area contributed by atoms with Crippen LogP contribution in [0.15, 0.2) is 12.1 Å². The van der Waals surface area contributed by atoms with Crippen LogP contribution in [-0.4, -0.2) is 11.7 Å². The lowest BCUT2D eigenvalue weighted by molar-refractivity contribution is 0.181. The molecule has 2 nitrogen and oxygen atoms in total. The van der Waals surface area contributed by atoms with E-state index >= 15 is 0 Å². The molecule has 0 heterocycles. The van der Waals surface area contributed by atoms with Gasteiger partial charge < -0.3 is 10.8 Å². The maximum absolute atomic E-state index is 13.4. The minimum atomic E-state index is -0.904. The van der Waals surface area contributed by atoms with Crippen LogP contribution < -0.4 is 5.73 Å². The smallest absolute Gasteiger partial charge is 0.131 e. The molecule has 3 heteroatoms. The molecule has 0 aliphatic heterocycles. The Morgan fingerprint density at radius 3 is 2.62 bits per heavy atom. The number of aliphatic hydroxyl groups is 1. The number of aryl methyl sites for hydroxylation is 2. The van der Waals surface area contributed by atoms with Gasteiger partial charge in [0.05, 0.1) is 6.10 Å². The van der Waals surface area contributed by atoms with Gasteiger partial charge in [0.15, 0.2) is 0 Å². The van der Waals surface area contributed by atoms with Gasteiger partial charge in [-0.3, -0.25) is 0 Å². The van der Waals surface area contributed by atoms with E-state index in [2.05, 4.69) is 0 Å². The first-order chi connectivity index (χ1) is 6.06. The fourth-order valence-corrected chi connectivity index (χ4v) is 1.35. The highest BCUT2D eigenvalue weighted by Gasteiger charge is 2.13. The van der Waals surface area contributed by atoms with Crippen molar-refractivity contribution in [2.24, 2.45) is 5.73 Å². The van der Waals surface area contributed by atoms with Crippen molar-refractivity contribution in [3.8, 4) is 0 Å². The number of hydrogen-bond donors (Lipinski definition) is 2. The van der Waals surface area contributed by atoms with Crippen molar-refractivity contribution in [3.63, 3.8) is 0 Å². The van der Waals surface area contributed by atoms with Crippen molar-refractivity contribution in [1.29, 1.82) is 0 Å². The molecule has 0 saturated carbocycles. The van der Waals surface area contributed by atoms with Gasteiger partial charge in [-0.2, -0.15) is 0 Å². The molecule has 1 unspecified atom stereocenters. The molecule has 0 amide bonds. The fourth-order valence-electron chi connectivity index (χ4n) is 1.35. The van der Waals surface area contributed by atoms with E-state index in [9.17, 15) is 9.50 Å². The summed E-state index contributed by atoms with van der Waals surface area (Å²) in [6.45, 7) is 3.58. The lowest BCUT2D eigenvalue weighted by Crippen LogP contribution is -2.13. The molecule has 0 aliphatic rings. The number of nitrogens with two attached hydrogens (primary N) is 1. The topological polar surface area (TPSA) is 46.2 Å². The summed E-state index contributed by atoms with van der Waals surface area (Å²) < 4.78 is 13.4. The first kappa shape index (κ1) is 10.2. The third-order valence-corrected chi connectivity index (χ3v) is 2.01. The number of aliphatic hydroxyl groups excluding tert-OH is 1. The molecule has 1 atom stereocenters. The van der Waals surface area contributed by atoms with Crippen molar-refractivity contribution < 1.29 is 9.50 Å². The van der Waals surface area contributed by atoms with Crippen molar-refractivity contribution >= 4 is 0 Å². The summed E-state index contributed by atoms with van der Waals surface area (Å²) in [6, 6.07) is 3.36. The number of hydrogen-bond acceptors (Lipinski definition) is 2. The molecule has 0 radical (unpaired) electrons. The summed E-state index contributed by atoms with van der Waals surface area (Å²) in [5.41, 5.74) is 7.02. The molecule has 0 spiro atoms. The van der Waals surface area contributed by atoms with E-state index in [1.165, 1.54) is 0 Å². The summed E-state index contributed by atoms with van der Waals surface area (Å²) in [5, 5.41) is 9.39. The van der Waals surface area contributed by atoms with Gasteiger partial charge in [-0.25, -0.2) is 4.39 Å². The van der Waals surface area contributed by atoms with E-state index < -0.39 is 6.10 Å². The molecular weight excluding hydrogens is 169 g/mol. The zero-order valence-corrected chi connectivity index (χ0v) is 7.84. The predicted molar refractivity (Wildman–Crippen MR) is 49.9 cm³/mol. The lowest BCUT2D eigenvalue weighted by Gasteiger charge is -2.11. The van der Waals surface area contributed by atoms with Gasteiger partial charge in [0, 0.05) is 12.1 Å².